The van der Waals surface area contributed by atoms with Crippen LogP contribution in [0.3, 0.4) is 0 Å². The lowest BCUT2D eigenvalue weighted by Crippen LogP contribution is -2.38. The van der Waals surface area contributed by atoms with Crippen LogP contribution in [0.1, 0.15) is 35.7 Å². The van der Waals surface area contributed by atoms with E-state index in [1.165, 1.54) is 16.7 Å². The summed E-state index contributed by atoms with van der Waals surface area (Å²) in [4.78, 5) is 2.42. The van der Waals surface area contributed by atoms with Crippen molar-refractivity contribution in [3.8, 4) is 5.75 Å². The van der Waals surface area contributed by atoms with Gasteiger partial charge in [0.2, 0.25) is 0 Å². The zero-order valence-electron chi connectivity index (χ0n) is 13.8. The monoisotopic (exact) mass is 315 g/mol. The third-order valence-corrected chi connectivity index (χ3v) is 4.81. The molecule has 24 heavy (non-hydrogen) atoms. The van der Waals surface area contributed by atoms with Crippen LogP contribution in [0.5, 0.6) is 5.75 Å². The van der Waals surface area contributed by atoms with Crippen molar-refractivity contribution in [1.29, 1.82) is 0 Å². The molecule has 2 atom stereocenters. The average molecular weight is 315 g/mol. The van der Waals surface area contributed by atoms with Gasteiger partial charge in [-0.2, -0.15) is 0 Å². The molecule has 0 saturated heterocycles. The average Bonchev–Trinajstić information content (AvgIpc) is 2.68. The summed E-state index contributed by atoms with van der Waals surface area (Å²) in [5.41, 5.74) is 3.84. The van der Waals surface area contributed by atoms with Gasteiger partial charge < -0.3 is 4.74 Å². The summed E-state index contributed by atoms with van der Waals surface area (Å²) < 4.78 is 6.06. The van der Waals surface area contributed by atoms with Crippen molar-refractivity contribution in [2.75, 3.05) is 6.73 Å². The number of hydrogen-bond acceptors (Lipinski definition) is 2. The first kappa shape index (κ1) is 15.0. The van der Waals surface area contributed by atoms with Gasteiger partial charge in [-0.05, 0) is 24.1 Å². The van der Waals surface area contributed by atoms with Crippen LogP contribution >= 0.6 is 0 Å². The summed E-state index contributed by atoms with van der Waals surface area (Å²) in [5, 5.41) is 0. The number of para-hydroxylation sites is 1. The van der Waals surface area contributed by atoms with E-state index in [4.69, 9.17) is 4.74 Å². The first-order valence-electron chi connectivity index (χ1n) is 8.42. The quantitative estimate of drug-likeness (QED) is 0.659. The molecule has 2 heteroatoms. The highest BCUT2D eigenvalue weighted by atomic mass is 16.5. The molecular formula is C22H21NO. The Balaban J connectivity index is 1.79. The van der Waals surface area contributed by atoms with Crippen molar-refractivity contribution in [3.05, 3.63) is 102 Å². The van der Waals surface area contributed by atoms with Gasteiger partial charge in [0.15, 0.2) is 0 Å². The van der Waals surface area contributed by atoms with Gasteiger partial charge in [0.25, 0.3) is 0 Å². The largest absolute Gasteiger partial charge is 0.478 e. The van der Waals surface area contributed by atoms with Gasteiger partial charge in [0.05, 0.1) is 6.04 Å². The summed E-state index contributed by atoms with van der Waals surface area (Å²) in [5.74, 6) is 0.989. The molecule has 0 radical (unpaired) electrons. The second-order valence-corrected chi connectivity index (χ2v) is 6.23. The van der Waals surface area contributed by atoms with Gasteiger partial charge in [-0.1, -0.05) is 78.9 Å². The number of benzene rings is 3. The molecule has 0 N–H and O–H groups in total. The maximum Gasteiger partial charge on any atom is 0.143 e. The van der Waals surface area contributed by atoms with E-state index in [9.17, 15) is 0 Å². The van der Waals surface area contributed by atoms with E-state index in [0.29, 0.717) is 6.73 Å². The van der Waals surface area contributed by atoms with Crippen molar-refractivity contribution in [1.82, 2.24) is 4.90 Å². The first-order valence-corrected chi connectivity index (χ1v) is 8.42. The van der Waals surface area contributed by atoms with Crippen molar-refractivity contribution in [2.24, 2.45) is 0 Å². The lowest BCUT2D eigenvalue weighted by atomic mass is 9.93. The number of ether oxygens (including phenoxy) is 1. The van der Waals surface area contributed by atoms with Crippen LogP contribution in [0.25, 0.3) is 0 Å². The van der Waals surface area contributed by atoms with Crippen LogP contribution in [0.4, 0.5) is 0 Å². The first-order chi connectivity index (χ1) is 11.8. The smallest absolute Gasteiger partial charge is 0.143 e. The predicted molar refractivity (Wildman–Crippen MR) is 96.9 cm³/mol. The Labute approximate surface area is 143 Å². The molecule has 1 heterocycles. The van der Waals surface area contributed by atoms with Crippen molar-refractivity contribution in [3.63, 3.8) is 0 Å². The van der Waals surface area contributed by atoms with Gasteiger partial charge in [0.1, 0.15) is 12.5 Å². The van der Waals surface area contributed by atoms with Gasteiger partial charge in [-0.15, -0.1) is 0 Å². The van der Waals surface area contributed by atoms with Crippen LogP contribution < -0.4 is 4.74 Å². The zero-order chi connectivity index (χ0) is 16.4. The van der Waals surface area contributed by atoms with E-state index in [0.717, 1.165) is 5.75 Å². The van der Waals surface area contributed by atoms with Crippen LogP contribution in [0.2, 0.25) is 0 Å². The fourth-order valence-corrected chi connectivity index (χ4v) is 3.50. The van der Waals surface area contributed by atoms with E-state index in [1.807, 2.05) is 6.07 Å². The van der Waals surface area contributed by atoms with Crippen molar-refractivity contribution in [2.45, 2.75) is 19.0 Å². The van der Waals surface area contributed by atoms with E-state index in [2.05, 4.69) is 90.7 Å². The number of fused-ring (bicyclic) bond motifs is 1. The summed E-state index contributed by atoms with van der Waals surface area (Å²) in [7, 11) is 0. The Morgan fingerprint density at radius 2 is 1.46 bits per heavy atom. The summed E-state index contributed by atoms with van der Waals surface area (Å²) >= 11 is 0. The molecule has 0 amide bonds. The number of hydrogen-bond donors (Lipinski definition) is 0. The molecule has 3 aromatic carbocycles. The minimum absolute atomic E-state index is 0.200. The SMILES string of the molecule is C[C@H](c1ccccc1)N1COc2ccccc2[C@@H]1c1ccccc1. The molecule has 1 aliphatic heterocycles. The normalized spacial score (nSPS) is 18.5. The van der Waals surface area contributed by atoms with Crippen molar-refractivity contribution < 1.29 is 4.74 Å². The molecule has 1 aliphatic rings. The molecule has 0 aliphatic carbocycles. The molecule has 3 aromatic rings. The van der Waals surface area contributed by atoms with Crippen LogP contribution in [0.15, 0.2) is 84.9 Å². The summed E-state index contributed by atoms with van der Waals surface area (Å²) in [6.07, 6.45) is 0. The highest BCUT2D eigenvalue weighted by Gasteiger charge is 2.33. The topological polar surface area (TPSA) is 12.5 Å². The Hall–Kier alpha value is -2.58. The van der Waals surface area contributed by atoms with Gasteiger partial charge in [-0.25, -0.2) is 0 Å². The molecule has 0 bridgehead atoms. The van der Waals surface area contributed by atoms with E-state index in [-0.39, 0.29) is 12.1 Å². The summed E-state index contributed by atoms with van der Waals surface area (Å²) in [6, 6.07) is 30.2. The molecule has 0 saturated carbocycles. The van der Waals surface area contributed by atoms with E-state index < -0.39 is 0 Å². The minimum Gasteiger partial charge on any atom is -0.478 e. The summed E-state index contributed by atoms with van der Waals surface area (Å²) in [6.45, 7) is 2.84. The third kappa shape index (κ3) is 2.70. The van der Waals surface area contributed by atoms with Crippen LogP contribution in [-0.4, -0.2) is 11.6 Å². The fourth-order valence-electron chi connectivity index (χ4n) is 3.50. The Morgan fingerprint density at radius 3 is 2.21 bits per heavy atom. The van der Waals surface area contributed by atoms with Gasteiger partial charge in [0, 0.05) is 11.6 Å². The molecule has 0 unspecified atom stereocenters. The Kier molecular flexibility index (Phi) is 4.06. The van der Waals surface area contributed by atoms with Crippen molar-refractivity contribution >= 4 is 0 Å². The molecular weight excluding hydrogens is 294 g/mol. The standard InChI is InChI=1S/C22H21NO/c1-17(18-10-4-2-5-11-18)23-16-24-21-15-9-8-14-20(21)22(23)19-12-6-3-7-13-19/h2-15,17,22H,16H2,1H3/t17-,22+/m1/s1. The molecule has 0 aromatic heterocycles. The zero-order valence-corrected chi connectivity index (χ0v) is 13.8. The Morgan fingerprint density at radius 1 is 0.833 bits per heavy atom. The predicted octanol–water partition coefficient (Wildman–Crippen LogP) is 5.19. The second kappa shape index (κ2) is 6.50. The highest BCUT2D eigenvalue weighted by molar-refractivity contribution is 5.43. The third-order valence-electron chi connectivity index (χ3n) is 4.81. The molecule has 120 valence electrons. The maximum atomic E-state index is 6.06. The lowest BCUT2D eigenvalue weighted by Gasteiger charge is -2.41. The highest BCUT2D eigenvalue weighted by Crippen LogP contribution is 2.42. The maximum absolute atomic E-state index is 6.06. The molecule has 0 spiro atoms. The van der Waals surface area contributed by atoms with Gasteiger partial charge in [-0.3, -0.25) is 4.90 Å². The van der Waals surface area contributed by atoms with Crippen LogP contribution in [-0.2, 0) is 0 Å². The van der Waals surface area contributed by atoms with E-state index >= 15 is 0 Å². The fraction of sp³-hybridized carbons (Fsp3) is 0.182. The molecule has 4 rings (SSSR count). The number of nitrogens with zero attached hydrogens (tertiary/aromatic N) is 1. The lowest BCUT2D eigenvalue weighted by molar-refractivity contribution is 0.0401. The Bertz CT molecular complexity index is 800. The van der Waals surface area contributed by atoms with Crippen LogP contribution in [0, 0.1) is 0 Å². The second-order valence-electron chi connectivity index (χ2n) is 6.23. The minimum atomic E-state index is 0.200. The van der Waals surface area contributed by atoms with Gasteiger partial charge >= 0.3 is 0 Å². The number of rotatable bonds is 3. The molecule has 2 nitrogen and oxygen atoms in total. The molecule has 0 fully saturated rings. The van der Waals surface area contributed by atoms with E-state index in [1.54, 1.807) is 0 Å².